The predicted octanol–water partition coefficient (Wildman–Crippen LogP) is 4.28. The Balaban J connectivity index is 1.61. The molecule has 37 heavy (non-hydrogen) atoms. The quantitative estimate of drug-likeness (QED) is 0.476. The summed E-state index contributed by atoms with van der Waals surface area (Å²) >= 11 is 0. The van der Waals surface area contributed by atoms with Crippen LogP contribution in [0.15, 0.2) is 36.7 Å². The van der Waals surface area contributed by atoms with Crippen molar-refractivity contribution in [3.63, 3.8) is 0 Å². The Morgan fingerprint density at radius 1 is 1.22 bits per heavy atom. The van der Waals surface area contributed by atoms with Crippen molar-refractivity contribution in [1.82, 2.24) is 19.7 Å². The Hall–Kier alpha value is -3.35. The van der Waals surface area contributed by atoms with E-state index >= 15 is 0 Å². The Labute approximate surface area is 211 Å². The Morgan fingerprint density at radius 2 is 1.92 bits per heavy atom. The van der Waals surface area contributed by atoms with Crippen LogP contribution in [0.3, 0.4) is 0 Å². The molecule has 1 amide bonds. The van der Waals surface area contributed by atoms with E-state index in [1.807, 2.05) is 20.8 Å². The minimum absolute atomic E-state index is 0.00881. The maximum absolute atomic E-state index is 13.3. The number of nitrogens with zero attached hydrogens (tertiary/aromatic N) is 3. The molecule has 1 fully saturated rings. The highest BCUT2D eigenvalue weighted by atomic mass is 32.2. The fraction of sp³-hybridized carbons (Fsp3) is 0.458. The summed E-state index contributed by atoms with van der Waals surface area (Å²) in [5, 5.41) is 2.96. The number of hydrogen-bond acceptors (Lipinski definition) is 7. The number of rotatable bonds is 7. The molecule has 13 heteroatoms. The summed E-state index contributed by atoms with van der Waals surface area (Å²) < 4.78 is 73.7. The molecule has 1 N–H and O–H groups in total. The number of imidazole rings is 1. The first kappa shape index (κ1) is 26.7. The van der Waals surface area contributed by atoms with Gasteiger partial charge in [0.25, 0.3) is 11.8 Å². The summed E-state index contributed by atoms with van der Waals surface area (Å²) in [5.74, 6) is -0.592. The monoisotopic (exact) mass is 540 g/mol. The average molecular weight is 541 g/mol. The van der Waals surface area contributed by atoms with Crippen molar-refractivity contribution in [2.24, 2.45) is 0 Å². The zero-order chi connectivity index (χ0) is 27.0. The normalized spacial score (nSPS) is 17.1. The Kier molecular flexibility index (Phi) is 7.10. The molecule has 1 saturated heterocycles. The topological polar surface area (TPSA) is 112 Å². The van der Waals surface area contributed by atoms with E-state index < -0.39 is 34.1 Å². The van der Waals surface area contributed by atoms with Crippen molar-refractivity contribution >= 4 is 21.4 Å². The second-order valence-corrected chi connectivity index (χ2v) is 11.9. The number of nitrogens with one attached hydrogen (secondary N) is 1. The SMILES string of the molecule is CC(C)c1c(C(=O)NC2(C)CCS(=O)(=O)CC2)nc2ccc(Oc3ncccc3OCC(F)(F)F)cn12. The molecule has 0 radical (unpaired) electrons. The summed E-state index contributed by atoms with van der Waals surface area (Å²) in [6, 6.07) is 5.93. The van der Waals surface area contributed by atoms with Crippen LogP contribution < -0.4 is 14.8 Å². The molecule has 0 unspecified atom stereocenters. The van der Waals surface area contributed by atoms with Gasteiger partial charge < -0.3 is 14.8 Å². The number of fused-ring (bicyclic) bond motifs is 1. The first-order chi connectivity index (χ1) is 17.3. The van der Waals surface area contributed by atoms with Gasteiger partial charge in [0, 0.05) is 11.7 Å². The number of aromatic nitrogens is 3. The standard InChI is InChI=1S/C24H27F3N4O5S/c1-15(2)20-19(21(32)30-23(3)8-11-37(33,34)12-9-23)29-18-7-6-16(13-31(18)20)36-22-17(5-4-10-28-22)35-14-24(25,26)27/h4-7,10,13,15H,8-9,11-12,14H2,1-3H3,(H,30,32). The molecule has 0 saturated carbocycles. The molecule has 0 aromatic carbocycles. The van der Waals surface area contributed by atoms with Gasteiger partial charge >= 0.3 is 6.18 Å². The maximum atomic E-state index is 13.3. The van der Waals surface area contributed by atoms with Crippen molar-refractivity contribution < 1.29 is 35.9 Å². The van der Waals surface area contributed by atoms with Gasteiger partial charge in [0.05, 0.1) is 23.4 Å². The molecule has 200 valence electrons. The molecule has 4 rings (SSSR count). The number of pyridine rings is 2. The molecule has 0 spiro atoms. The van der Waals surface area contributed by atoms with E-state index in [0.29, 0.717) is 24.2 Å². The number of alkyl halides is 3. The molecule has 1 aliphatic heterocycles. The number of sulfone groups is 1. The average Bonchev–Trinajstić information content (AvgIpc) is 3.20. The van der Waals surface area contributed by atoms with Crippen molar-refractivity contribution in [3.05, 3.63) is 48.0 Å². The lowest BCUT2D eigenvalue weighted by atomic mass is 9.94. The maximum Gasteiger partial charge on any atom is 0.422 e. The molecule has 4 heterocycles. The predicted molar refractivity (Wildman–Crippen MR) is 129 cm³/mol. The van der Waals surface area contributed by atoms with Crippen molar-refractivity contribution in [3.8, 4) is 17.4 Å². The minimum Gasteiger partial charge on any atom is -0.478 e. The number of hydrogen-bond donors (Lipinski definition) is 1. The number of halogens is 3. The number of ether oxygens (including phenoxy) is 2. The smallest absolute Gasteiger partial charge is 0.422 e. The molecule has 3 aromatic rings. The Bertz CT molecular complexity index is 1410. The second-order valence-electron chi connectivity index (χ2n) is 9.57. The van der Waals surface area contributed by atoms with Crippen LogP contribution in [0.5, 0.6) is 17.4 Å². The van der Waals surface area contributed by atoms with Gasteiger partial charge in [0.15, 0.2) is 18.1 Å². The fourth-order valence-corrected chi connectivity index (χ4v) is 5.83. The number of amides is 1. The molecular formula is C24H27F3N4O5S. The lowest BCUT2D eigenvalue weighted by Gasteiger charge is -2.34. The van der Waals surface area contributed by atoms with Gasteiger partial charge in [-0.25, -0.2) is 18.4 Å². The highest BCUT2D eigenvalue weighted by Crippen LogP contribution is 2.32. The lowest BCUT2D eigenvalue weighted by Crippen LogP contribution is -2.51. The molecule has 9 nitrogen and oxygen atoms in total. The third-order valence-corrected chi connectivity index (χ3v) is 7.73. The summed E-state index contributed by atoms with van der Waals surface area (Å²) in [6.45, 7) is 4.12. The van der Waals surface area contributed by atoms with Crippen LogP contribution in [-0.4, -0.2) is 58.5 Å². The third kappa shape index (κ3) is 6.32. The van der Waals surface area contributed by atoms with Gasteiger partial charge in [-0.1, -0.05) is 13.8 Å². The third-order valence-electron chi connectivity index (χ3n) is 6.08. The fourth-order valence-electron chi connectivity index (χ4n) is 4.10. The van der Waals surface area contributed by atoms with Gasteiger partial charge in [-0.15, -0.1) is 0 Å². The van der Waals surface area contributed by atoms with E-state index in [2.05, 4.69) is 15.3 Å². The van der Waals surface area contributed by atoms with E-state index in [-0.39, 0.29) is 40.5 Å². The van der Waals surface area contributed by atoms with Crippen LogP contribution in [0.1, 0.15) is 55.7 Å². The highest BCUT2D eigenvalue weighted by Gasteiger charge is 2.36. The largest absolute Gasteiger partial charge is 0.478 e. The zero-order valence-corrected chi connectivity index (χ0v) is 21.3. The lowest BCUT2D eigenvalue weighted by molar-refractivity contribution is -0.153. The van der Waals surface area contributed by atoms with Crippen LogP contribution in [0.25, 0.3) is 5.65 Å². The summed E-state index contributed by atoms with van der Waals surface area (Å²) in [7, 11) is -3.10. The van der Waals surface area contributed by atoms with Crippen LogP contribution in [-0.2, 0) is 9.84 Å². The van der Waals surface area contributed by atoms with Gasteiger partial charge in [-0.3, -0.25) is 9.20 Å². The van der Waals surface area contributed by atoms with Crippen LogP contribution in [0.2, 0.25) is 0 Å². The van der Waals surface area contributed by atoms with Gasteiger partial charge in [-0.05, 0) is 49.9 Å². The highest BCUT2D eigenvalue weighted by molar-refractivity contribution is 7.91. The molecule has 3 aromatic heterocycles. The molecule has 0 atom stereocenters. The zero-order valence-electron chi connectivity index (χ0n) is 20.5. The van der Waals surface area contributed by atoms with Gasteiger partial charge in [0.1, 0.15) is 21.2 Å². The number of carbonyl (C=O) groups excluding carboxylic acids is 1. The van der Waals surface area contributed by atoms with Crippen molar-refractivity contribution in [2.75, 3.05) is 18.1 Å². The van der Waals surface area contributed by atoms with Crippen molar-refractivity contribution in [1.29, 1.82) is 0 Å². The van der Waals surface area contributed by atoms with E-state index in [1.165, 1.54) is 18.3 Å². The summed E-state index contributed by atoms with van der Waals surface area (Å²) in [4.78, 5) is 21.7. The molecular weight excluding hydrogens is 513 g/mol. The van der Waals surface area contributed by atoms with Crippen LogP contribution in [0, 0.1) is 0 Å². The first-order valence-electron chi connectivity index (χ1n) is 11.6. The number of carbonyl (C=O) groups is 1. The van der Waals surface area contributed by atoms with E-state index in [0.717, 1.165) is 0 Å². The summed E-state index contributed by atoms with van der Waals surface area (Å²) in [5.41, 5.74) is 0.590. The van der Waals surface area contributed by atoms with Crippen LogP contribution >= 0.6 is 0 Å². The molecule has 1 aliphatic rings. The minimum atomic E-state index is -4.52. The Morgan fingerprint density at radius 3 is 2.57 bits per heavy atom. The van der Waals surface area contributed by atoms with Gasteiger partial charge in [-0.2, -0.15) is 13.2 Å². The first-order valence-corrected chi connectivity index (χ1v) is 13.4. The summed E-state index contributed by atoms with van der Waals surface area (Å²) in [6.07, 6.45) is -0.955. The van der Waals surface area contributed by atoms with Crippen LogP contribution in [0.4, 0.5) is 13.2 Å². The van der Waals surface area contributed by atoms with E-state index in [1.54, 1.807) is 22.7 Å². The second kappa shape index (κ2) is 9.84. The van der Waals surface area contributed by atoms with E-state index in [4.69, 9.17) is 9.47 Å². The van der Waals surface area contributed by atoms with Gasteiger partial charge in [0.2, 0.25) is 0 Å². The molecule has 0 aliphatic carbocycles. The van der Waals surface area contributed by atoms with E-state index in [9.17, 15) is 26.4 Å². The molecule has 0 bridgehead atoms. The van der Waals surface area contributed by atoms with Crippen molar-refractivity contribution in [2.45, 2.75) is 51.2 Å².